The molecule has 20 heavy (non-hydrogen) atoms. The lowest BCUT2D eigenvalue weighted by Gasteiger charge is -2.08. The van der Waals surface area contributed by atoms with Crippen molar-refractivity contribution in [2.24, 2.45) is 0 Å². The van der Waals surface area contributed by atoms with Crippen LogP contribution in [0.15, 0.2) is 40.2 Å². The van der Waals surface area contributed by atoms with Gasteiger partial charge in [-0.2, -0.15) is 0 Å². The molecule has 0 aliphatic rings. The van der Waals surface area contributed by atoms with Crippen LogP contribution in [-0.4, -0.2) is 13.2 Å². The lowest BCUT2D eigenvalue weighted by Crippen LogP contribution is -2.16. The van der Waals surface area contributed by atoms with Crippen molar-refractivity contribution in [3.63, 3.8) is 0 Å². The van der Waals surface area contributed by atoms with Crippen LogP contribution in [-0.2, 0) is 13.0 Å². The first kappa shape index (κ1) is 15.5. The monoisotopic (exact) mass is 353 g/mol. The van der Waals surface area contributed by atoms with Crippen LogP contribution < -0.4 is 10.1 Å². The van der Waals surface area contributed by atoms with E-state index in [4.69, 9.17) is 4.74 Å². The minimum atomic E-state index is 0.782. The van der Waals surface area contributed by atoms with Crippen LogP contribution >= 0.6 is 27.3 Å². The second-order valence-corrected chi connectivity index (χ2v) is 7.18. The minimum Gasteiger partial charge on any atom is -0.494 e. The highest BCUT2D eigenvalue weighted by molar-refractivity contribution is 9.11. The lowest BCUT2D eigenvalue weighted by atomic mass is 10.2. The van der Waals surface area contributed by atoms with Crippen molar-refractivity contribution in [3.05, 3.63) is 50.6 Å². The van der Waals surface area contributed by atoms with Crippen molar-refractivity contribution in [1.29, 1.82) is 0 Å². The topological polar surface area (TPSA) is 21.3 Å². The molecule has 0 amide bonds. The van der Waals surface area contributed by atoms with Crippen LogP contribution in [0, 0.1) is 0 Å². The van der Waals surface area contributed by atoms with Gasteiger partial charge in [0.1, 0.15) is 5.75 Å². The van der Waals surface area contributed by atoms with E-state index in [0.29, 0.717) is 0 Å². The first-order chi connectivity index (χ1) is 9.78. The second kappa shape index (κ2) is 8.45. The molecule has 0 bridgehead atoms. The van der Waals surface area contributed by atoms with E-state index < -0.39 is 0 Å². The van der Waals surface area contributed by atoms with Gasteiger partial charge in [-0.05, 0) is 58.6 Å². The molecule has 0 saturated heterocycles. The molecule has 2 nitrogen and oxygen atoms in total. The molecule has 0 aliphatic carbocycles. The largest absolute Gasteiger partial charge is 0.494 e. The van der Waals surface area contributed by atoms with Gasteiger partial charge in [0.05, 0.1) is 10.4 Å². The van der Waals surface area contributed by atoms with Crippen LogP contribution in [0.1, 0.15) is 23.8 Å². The molecule has 4 heteroatoms. The van der Waals surface area contributed by atoms with Gasteiger partial charge in [0.15, 0.2) is 0 Å². The first-order valence-electron chi connectivity index (χ1n) is 6.94. The first-order valence-corrected chi connectivity index (χ1v) is 8.55. The van der Waals surface area contributed by atoms with Gasteiger partial charge in [-0.1, -0.05) is 19.1 Å². The van der Waals surface area contributed by atoms with E-state index in [9.17, 15) is 0 Å². The van der Waals surface area contributed by atoms with E-state index >= 15 is 0 Å². The van der Waals surface area contributed by atoms with Gasteiger partial charge in [0.2, 0.25) is 0 Å². The molecule has 1 aromatic carbocycles. The molecule has 0 radical (unpaired) electrons. The Bertz CT molecular complexity index is 527. The van der Waals surface area contributed by atoms with E-state index in [0.717, 1.165) is 38.3 Å². The molecular weight excluding hydrogens is 334 g/mol. The van der Waals surface area contributed by atoms with E-state index in [2.05, 4.69) is 58.5 Å². The minimum absolute atomic E-state index is 0.782. The summed E-state index contributed by atoms with van der Waals surface area (Å²) in [4.78, 5) is 1.41. The van der Waals surface area contributed by atoms with Gasteiger partial charge in [-0.25, -0.2) is 0 Å². The number of thiophene rings is 1. The molecule has 2 aromatic rings. The third-order valence-corrected chi connectivity index (χ3v) is 4.56. The van der Waals surface area contributed by atoms with Gasteiger partial charge in [-0.15, -0.1) is 11.3 Å². The number of ether oxygens (including phenoxy) is 1. The fourth-order valence-electron chi connectivity index (χ4n) is 1.90. The Morgan fingerprint density at radius 3 is 2.90 bits per heavy atom. The van der Waals surface area contributed by atoms with Crippen LogP contribution in [0.5, 0.6) is 5.75 Å². The summed E-state index contributed by atoms with van der Waals surface area (Å²) in [5.41, 5.74) is 1.27. The average Bonchev–Trinajstić information content (AvgIpc) is 2.87. The SMILES string of the molecule is CCCOc1cccc(CNCCc2ccc(Br)s2)c1. The molecule has 0 atom stereocenters. The molecular formula is C16H20BrNOS. The third kappa shape index (κ3) is 5.27. The van der Waals surface area contributed by atoms with Gasteiger partial charge < -0.3 is 10.1 Å². The Labute approximate surface area is 133 Å². The third-order valence-electron chi connectivity index (χ3n) is 2.88. The number of benzene rings is 1. The van der Waals surface area contributed by atoms with Crippen LogP contribution in [0.2, 0.25) is 0 Å². The van der Waals surface area contributed by atoms with Gasteiger partial charge in [0, 0.05) is 18.0 Å². The Balaban J connectivity index is 1.73. The van der Waals surface area contributed by atoms with E-state index in [1.807, 2.05) is 6.07 Å². The standard InChI is InChI=1S/C16H20BrNOS/c1-2-10-19-14-5-3-4-13(11-14)12-18-9-8-15-6-7-16(17)20-15/h3-7,11,18H,2,8-10,12H2,1H3. The van der Waals surface area contributed by atoms with Gasteiger partial charge in [0.25, 0.3) is 0 Å². The van der Waals surface area contributed by atoms with Crippen molar-refractivity contribution < 1.29 is 4.74 Å². The van der Waals surface area contributed by atoms with E-state index in [-0.39, 0.29) is 0 Å². The van der Waals surface area contributed by atoms with Gasteiger partial charge >= 0.3 is 0 Å². The zero-order valence-electron chi connectivity index (χ0n) is 11.7. The maximum absolute atomic E-state index is 5.64. The summed E-state index contributed by atoms with van der Waals surface area (Å²) in [5, 5.41) is 3.48. The van der Waals surface area contributed by atoms with Crippen LogP contribution in [0.3, 0.4) is 0 Å². The number of halogens is 1. The summed E-state index contributed by atoms with van der Waals surface area (Å²) in [6.07, 6.45) is 2.11. The zero-order chi connectivity index (χ0) is 14.2. The van der Waals surface area contributed by atoms with Crippen LogP contribution in [0.25, 0.3) is 0 Å². The highest BCUT2D eigenvalue weighted by Crippen LogP contribution is 2.22. The summed E-state index contributed by atoms with van der Waals surface area (Å²) in [7, 11) is 0. The van der Waals surface area contributed by atoms with E-state index in [1.165, 1.54) is 14.2 Å². The Morgan fingerprint density at radius 1 is 1.25 bits per heavy atom. The quantitative estimate of drug-likeness (QED) is 0.698. The van der Waals surface area contributed by atoms with Crippen molar-refractivity contribution >= 4 is 27.3 Å². The Morgan fingerprint density at radius 2 is 2.15 bits per heavy atom. The van der Waals surface area contributed by atoms with E-state index in [1.54, 1.807) is 11.3 Å². The second-order valence-electron chi connectivity index (χ2n) is 4.63. The highest BCUT2D eigenvalue weighted by atomic mass is 79.9. The number of nitrogens with one attached hydrogen (secondary N) is 1. The number of hydrogen-bond acceptors (Lipinski definition) is 3. The molecule has 0 spiro atoms. The lowest BCUT2D eigenvalue weighted by molar-refractivity contribution is 0.317. The van der Waals surface area contributed by atoms with Crippen molar-refractivity contribution in [2.75, 3.05) is 13.2 Å². The molecule has 2 rings (SSSR count). The number of rotatable bonds is 8. The predicted molar refractivity (Wildman–Crippen MR) is 89.7 cm³/mol. The summed E-state index contributed by atoms with van der Waals surface area (Å²) in [6.45, 7) is 4.78. The molecule has 1 heterocycles. The number of hydrogen-bond donors (Lipinski definition) is 1. The summed E-state index contributed by atoms with van der Waals surface area (Å²) in [6, 6.07) is 12.6. The summed E-state index contributed by atoms with van der Waals surface area (Å²) < 4.78 is 6.84. The summed E-state index contributed by atoms with van der Waals surface area (Å²) in [5.74, 6) is 0.966. The van der Waals surface area contributed by atoms with Gasteiger partial charge in [-0.3, -0.25) is 0 Å². The molecule has 1 aromatic heterocycles. The fourth-order valence-corrected chi connectivity index (χ4v) is 3.38. The van der Waals surface area contributed by atoms with Crippen molar-refractivity contribution in [2.45, 2.75) is 26.3 Å². The average molecular weight is 354 g/mol. The molecule has 0 saturated carbocycles. The molecule has 0 unspecified atom stereocenters. The fraction of sp³-hybridized carbons (Fsp3) is 0.375. The van der Waals surface area contributed by atoms with Crippen molar-refractivity contribution in [1.82, 2.24) is 5.32 Å². The predicted octanol–water partition coefficient (Wildman–Crippen LogP) is 4.63. The molecule has 1 N–H and O–H groups in total. The normalized spacial score (nSPS) is 10.7. The zero-order valence-corrected chi connectivity index (χ0v) is 14.1. The van der Waals surface area contributed by atoms with Crippen LogP contribution in [0.4, 0.5) is 0 Å². The molecule has 0 aliphatic heterocycles. The highest BCUT2D eigenvalue weighted by Gasteiger charge is 1.99. The Kier molecular flexibility index (Phi) is 6.57. The van der Waals surface area contributed by atoms with Crippen molar-refractivity contribution in [3.8, 4) is 5.75 Å². The summed E-state index contributed by atoms with van der Waals surface area (Å²) >= 11 is 5.29. The molecule has 108 valence electrons. The maximum atomic E-state index is 5.64. The molecule has 0 fully saturated rings. The maximum Gasteiger partial charge on any atom is 0.119 e. The Hall–Kier alpha value is -0.840. The smallest absolute Gasteiger partial charge is 0.119 e.